The third-order valence-corrected chi connectivity index (χ3v) is 5.32. The smallest absolute Gasteiger partial charge is 0.227 e. The van der Waals surface area contributed by atoms with Gasteiger partial charge in [-0.3, -0.25) is 9.59 Å². The van der Waals surface area contributed by atoms with E-state index in [9.17, 15) is 9.59 Å². The lowest BCUT2D eigenvalue weighted by Gasteiger charge is -2.27. The highest BCUT2D eigenvalue weighted by Gasteiger charge is 2.36. The minimum absolute atomic E-state index is 0.00690. The SMILES string of the molecule is CC1CCC(NC(=O)[C@@H]2CC(=O)N(c3ccccc3Cl)C2)CC1. The lowest BCUT2D eigenvalue weighted by Crippen LogP contribution is -2.41. The second kappa shape index (κ2) is 6.91. The molecule has 2 aliphatic rings. The fourth-order valence-corrected chi connectivity index (χ4v) is 3.75. The molecule has 0 bridgehead atoms. The lowest BCUT2D eigenvalue weighted by molar-refractivity contribution is -0.127. The van der Waals surface area contributed by atoms with Gasteiger partial charge in [-0.2, -0.15) is 0 Å². The molecule has 1 aromatic rings. The summed E-state index contributed by atoms with van der Waals surface area (Å²) in [7, 11) is 0. The predicted molar refractivity (Wildman–Crippen MR) is 91.5 cm³/mol. The van der Waals surface area contributed by atoms with E-state index in [0.29, 0.717) is 17.3 Å². The van der Waals surface area contributed by atoms with Crippen LogP contribution in [0.25, 0.3) is 0 Å². The number of carbonyl (C=O) groups excluding carboxylic acids is 2. The molecule has 0 spiro atoms. The van der Waals surface area contributed by atoms with E-state index in [4.69, 9.17) is 11.6 Å². The molecule has 2 fully saturated rings. The molecule has 1 N–H and O–H groups in total. The fourth-order valence-electron chi connectivity index (χ4n) is 3.51. The average Bonchev–Trinajstić information content (AvgIpc) is 2.92. The van der Waals surface area contributed by atoms with Crippen LogP contribution in [0, 0.1) is 11.8 Å². The number of nitrogens with one attached hydrogen (secondary N) is 1. The van der Waals surface area contributed by atoms with Crippen molar-refractivity contribution in [2.24, 2.45) is 11.8 Å². The quantitative estimate of drug-likeness (QED) is 0.921. The third kappa shape index (κ3) is 3.69. The van der Waals surface area contributed by atoms with E-state index in [0.717, 1.165) is 18.8 Å². The molecule has 1 atom stereocenters. The molecule has 2 amide bonds. The van der Waals surface area contributed by atoms with Gasteiger partial charge in [0, 0.05) is 19.0 Å². The Morgan fingerprint density at radius 3 is 2.61 bits per heavy atom. The van der Waals surface area contributed by atoms with Crippen LogP contribution in [0.1, 0.15) is 39.0 Å². The molecule has 4 nitrogen and oxygen atoms in total. The second-order valence-corrected chi connectivity index (χ2v) is 7.23. The van der Waals surface area contributed by atoms with Crippen LogP contribution in [0.2, 0.25) is 5.02 Å². The van der Waals surface area contributed by atoms with E-state index in [1.807, 2.05) is 18.2 Å². The van der Waals surface area contributed by atoms with Crippen LogP contribution in [0.5, 0.6) is 0 Å². The van der Waals surface area contributed by atoms with Gasteiger partial charge in [0.2, 0.25) is 11.8 Å². The number of hydrogen-bond acceptors (Lipinski definition) is 2. The van der Waals surface area contributed by atoms with E-state index < -0.39 is 0 Å². The van der Waals surface area contributed by atoms with Crippen molar-refractivity contribution in [3.05, 3.63) is 29.3 Å². The molecule has 1 aliphatic carbocycles. The van der Waals surface area contributed by atoms with Gasteiger partial charge in [-0.25, -0.2) is 0 Å². The van der Waals surface area contributed by atoms with Crippen molar-refractivity contribution in [1.29, 1.82) is 0 Å². The number of amides is 2. The highest BCUT2D eigenvalue weighted by molar-refractivity contribution is 6.33. The van der Waals surface area contributed by atoms with Crippen molar-refractivity contribution in [3.8, 4) is 0 Å². The summed E-state index contributed by atoms with van der Waals surface area (Å²) in [6, 6.07) is 7.54. The number of para-hydroxylation sites is 1. The molecule has 23 heavy (non-hydrogen) atoms. The minimum atomic E-state index is -0.280. The summed E-state index contributed by atoms with van der Waals surface area (Å²) in [6.45, 7) is 2.67. The normalized spacial score (nSPS) is 28.0. The minimum Gasteiger partial charge on any atom is -0.353 e. The number of nitrogens with zero attached hydrogens (tertiary/aromatic N) is 1. The molecule has 0 unspecified atom stereocenters. The number of rotatable bonds is 3. The Hall–Kier alpha value is -1.55. The van der Waals surface area contributed by atoms with Crippen LogP contribution in [0.3, 0.4) is 0 Å². The number of halogens is 1. The Labute approximate surface area is 142 Å². The topological polar surface area (TPSA) is 49.4 Å². The highest BCUT2D eigenvalue weighted by atomic mass is 35.5. The van der Waals surface area contributed by atoms with Gasteiger partial charge in [-0.05, 0) is 43.7 Å². The summed E-state index contributed by atoms with van der Waals surface area (Å²) in [4.78, 5) is 26.4. The molecule has 1 aromatic carbocycles. The molecule has 3 rings (SSSR count). The van der Waals surface area contributed by atoms with Crippen molar-refractivity contribution in [1.82, 2.24) is 5.32 Å². The van der Waals surface area contributed by atoms with Gasteiger partial charge in [-0.15, -0.1) is 0 Å². The summed E-state index contributed by atoms with van der Waals surface area (Å²) in [5.41, 5.74) is 0.695. The predicted octanol–water partition coefficient (Wildman–Crippen LogP) is 3.39. The van der Waals surface area contributed by atoms with Crippen LogP contribution in [0.4, 0.5) is 5.69 Å². The Morgan fingerprint density at radius 1 is 1.22 bits per heavy atom. The van der Waals surface area contributed by atoms with Crippen molar-refractivity contribution < 1.29 is 9.59 Å². The van der Waals surface area contributed by atoms with Gasteiger partial charge in [-0.1, -0.05) is 30.7 Å². The summed E-state index contributed by atoms with van der Waals surface area (Å²) in [5.74, 6) is 0.452. The van der Waals surface area contributed by atoms with E-state index in [2.05, 4.69) is 12.2 Å². The molecule has 1 aliphatic heterocycles. The highest BCUT2D eigenvalue weighted by Crippen LogP contribution is 2.31. The number of anilines is 1. The molecule has 0 radical (unpaired) electrons. The Bertz CT molecular complexity index is 596. The van der Waals surface area contributed by atoms with Crippen molar-refractivity contribution >= 4 is 29.1 Å². The van der Waals surface area contributed by atoms with Crippen LogP contribution >= 0.6 is 11.6 Å². The van der Waals surface area contributed by atoms with Gasteiger partial charge >= 0.3 is 0 Å². The summed E-state index contributed by atoms with van der Waals surface area (Å²) in [5, 5.41) is 3.68. The summed E-state index contributed by atoms with van der Waals surface area (Å²) in [6.07, 6.45) is 4.68. The zero-order valence-corrected chi connectivity index (χ0v) is 14.2. The lowest BCUT2D eigenvalue weighted by atomic mass is 9.87. The van der Waals surface area contributed by atoms with Crippen LogP contribution < -0.4 is 10.2 Å². The maximum Gasteiger partial charge on any atom is 0.227 e. The monoisotopic (exact) mass is 334 g/mol. The standard InChI is InChI=1S/C18H23ClN2O2/c1-12-6-8-14(9-7-12)20-18(23)13-10-17(22)21(11-13)16-5-3-2-4-15(16)19/h2-5,12-14H,6-11H2,1H3,(H,20,23)/t12?,13-,14?/m1/s1. The molecule has 1 heterocycles. The van der Waals surface area contributed by atoms with Gasteiger partial charge in [0.15, 0.2) is 0 Å². The molecule has 124 valence electrons. The van der Waals surface area contributed by atoms with E-state index in [1.165, 1.54) is 12.8 Å². The summed E-state index contributed by atoms with van der Waals surface area (Å²) < 4.78 is 0. The number of carbonyl (C=O) groups is 2. The van der Waals surface area contributed by atoms with Crippen LogP contribution in [-0.2, 0) is 9.59 Å². The molecule has 1 saturated heterocycles. The van der Waals surface area contributed by atoms with E-state index in [1.54, 1.807) is 11.0 Å². The first-order valence-electron chi connectivity index (χ1n) is 8.40. The van der Waals surface area contributed by atoms with Crippen LogP contribution in [-0.4, -0.2) is 24.4 Å². The maximum atomic E-state index is 12.5. The first-order valence-corrected chi connectivity index (χ1v) is 8.77. The van der Waals surface area contributed by atoms with Crippen molar-refractivity contribution in [2.45, 2.75) is 45.1 Å². The molecular formula is C18H23ClN2O2. The molecule has 0 aromatic heterocycles. The summed E-state index contributed by atoms with van der Waals surface area (Å²) >= 11 is 6.17. The van der Waals surface area contributed by atoms with Gasteiger partial charge in [0.25, 0.3) is 0 Å². The van der Waals surface area contributed by atoms with Crippen molar-refractivity contribution in [3.63, 3.8) is 0 Å². The maximum absolute atomic E-state index is 12.5. The first kappa shape index (κ1) is 16.3. The van der Waals surface area contributed by atoms with Gasteiger partial charge < -0.3 is 10.2 Å². The Kier molecular flexibility index (Phi) is 4.90. The van der Waals surface area contributed by atoms with Crippen molar-refractivity contribution in [2.75, 3.05) is 11.4 Å². The third-order valence-electron chi connectivity index (χ3n) is 5.00. The van der Waals surface area contributed by atoms with Crippen LogP contribution in [0.15, 0.2) is 24.3 Å². The largest absolute Gasteiger partial charge is 0.353 e. The van der Waals surface area contributed by atoms with E-state index in [-0.39, 0.29) is 30.2 Å². The Balaban J connectivity index is 1.61. The van der Waals surface area contributed by atoms with E-state index >= 15 is 0 Å². The second-order valence-electron chi connectivity index (χ2n) is 6.82. The zero-order chi connectivity index (χ0) is 16.4. The molecule has 5 heteroatoms. The number of hydrogen-bond donors (Lipinski definition) is 1. The first-order chi connectivity index (χ1) is 11.0. The Morgan fingerprint density at radius 2 is 1.91 bits per heavy atom. The van der Waals surface area contributed by atoms with Gasteiger partial charge in [0.1, 0.15) is 0 Å². The number of benzene rings is 1. The molecular weight excluding hydrogens is 312 g/mol. The average molecular weight is 335 g/mol. The van der Waals surface area contributed by atoms with Gasteiger partial charge in [0.05, 0.1) is 16.6 Å². The molecule has 1 saturated carbocycles. The fraction of sp³-hybridized carbons (Fsp3) is 0.556. The zero-order valence-electron chi connectivity index (χ0n) is 13.4.